The number of rotatable bonds is 3. The van der Waals surface area contributed by atoms with Crippen LogP contribution in [0.25, 0.3) is 0 Å². The number of nitrogens with zero attached hydrogens (tertiary/aromatic N) is 4. The Morgan fingerprint density at radius 2 is 1.68 bits per heavy atom. The maximum Gasteiger partial charge on any atom is 0.312 e. The molecule has 0 radical (unpaired) electrons. The molecule has 0 atom stereocenters. The first-order valence-corrected chi connectivity index (χ1v) is 7.97. The lowest BCUT2D eigenvalue weighted by molar-refractivity contribution is -0.146. The standard InChI is InChI=1S/C17H18FN5O2/c18-14-4-2-13(3-5-14)12-21-15(24)16(25)22-8-10-23(11-9-22)17-19-6-1-7-20-17/h1-7H,8-12H2,(H,21,24). The van der Waals surface area contributed by atoms with Gasteiger partial charge in [-0.1, -0.05) is 12.1 Å². The fraction of sp³-hybridized carbons (Fsp3) is 0.294. The van der Waals surface area contributed by atoms with E-state index < -0.39 is 11.8 Å². The van der Waals surface area contributed by atoms with Crippen molar-refractivity contribution in [1.29, 1.82) is 0 Å². The van der Waals surface area contributed by atoms with Crippen molar-refractivity contribution in [1.82, 2.24) is 20.2 Å². The van der Waals surface area contributed by atoms with E-state index in [2.05, 4.69) is 15.3 Å². The van der Waals surface area contributed by atoms with Crippen molar-refractivity contribution >= 4 is 17.8 Å². The number of halogens is 1. The van der Waals surface area contributed by atoms with Crippen molar-refractivity contribution < 1.29 is 14.0 Å². The molecule has 2 heterocycles. The van der Waals surface area contributed by atoms with Gasteiger partial charge in [-0.15, -0.1) is 0 Å². The van der Waals surface area contributed by atoms with Gasteiger partial charge in [0.25, 0.3) is 0 Å². The molecule has 0 spiro atoms. The summed E-state index contributed by atoms with van der Waals surface area (Å²) in [5, 5.41) is 2.57. The van der Waals surface area contributed by atoms with E-state index in [1.54, 1.807) is 30.6 Å². The molecule has 2 aromatic rings. The largest absolute Gasteiger partial charge is 0.344 e. The second-order valence-corrected chi connectivity index (χ2v) is 5.64. The first kappa shape index (κ1) is 16.8. The third-order valence-corrected chi connectivity index (χ3v) is 3.96. The molecule has 3 rings (SSSR count). The van der Waals surface area contributed by atoms with Crippen LogP contribution in [0.2, 0.25) is 0 Å². The van der Waals surface area contributed by atoms with E-state index in [0.29, 0.717) is 32.1 Å². The van der Waals surface area contributed by atoms with Crippen molar-refractivity contribution in [3.05, 3.63) is 54.1 Å². The number of aromatic nitrogens is 2. The predicted molar refractivity (Wildman–Crippen MR) is 89.1 cm³/mol. The number of carbonyl (C=O) groups is 2. The number of piperazine rings is 1. The Balaban J connectivity index is 1.48. The van der Waals surface area contributed by atoms with E-state index in [1.807, 2.05) is 4.90 Å². The molecule has 7 nitrogen and oxygen atoms in total. The van der Waals surface area contributed by atoms with Gasteiger partial charge in [0.2, 0.25) is 5.95 Å². The first-order valence-electron chi connectivity index (χ1n) is 7.97. The van der Waals surface area contributed by atoms with Crippen LogP contribution in [0.3, 0.4) is 0 Å². The molecular weight excluding hydrogens is 325 g/mol. The fourth-order valence-electron chi connectivity index (χ4n) is 2.57. The summed E-state index contributed by atoms with van der Waals surface area (Å²) in [6.45, 7) is 2.19. The summed E-state index contributed by atoms with van der Waals surface area (Å²) in [7, 11) is 0. The van der Waals surface area contributed by atoms with Crippen LogP contribution in [-0.2, 0) is 16.1 Å². The molecule has 2 amide bonds. The average molecular weight is 343 g/mol. The highest BCUT2D eigenvalue weighted by molar-refractivity contribution is 6.35. The van der Waals surface area contributed by atoms with Crippen LogP contribution in [0.5, 0.6) is 0 Å². The molecule has 1 saturated heterocycles. The van der Waals surface area contributed by atoms with E-state index in [1.165, 1.54) is 17.0 Å². The molecule has 1 N–H and O–H groups in total. The van der Waals surface area contributed by atoms with Crippen molar-refractivity contribution in [3.63, 3.8) is 0 Å². The highest BCUT2D eigenvalue weighted by Crippen LogP contribution is 2.10. The minimum Gasteiger partial charge on any atom is -0.344 e. The Hall–Kier alpha value is -3.03. The molecular formula is C17H18FN5O2. The van der Waals surface area contributed by atoms with E-state index in [0.717, 1.165) is 5.56 Å². The van der Waals surface area contributed by atoms with Gasteiger partial charge >= 0.3 is 11.8 Å². The molecule has 25 heavy (non-hydrogen) atoms. The number of benzene rings is 1. The summed E-state index contributed by atoms with van der Waals surface area (Å²) in [5.41, 5.74) is 0.730. The molecule has 1 aromatic carbocycles. The zero-order chi connectivity index (χ0) is 17.6. The van der Waals surface area contributed by atoms with Gasteiger partial charge in [-0.25, -0.2) is 14.4 Å². The number of hydrogen-bond donors (Lipinski definition) is 1. The molecule has 1 fully saturated rings. The number of carbonyl (C=O) groups excluding carboxylic acids is 2. The van der Waals surface area contributed by atoms with Crippen LogP contribution < -0.4 is 10.2 Å². The smallest absolute Gasteiger partial charge is 0.312 e. The maximum absolute atomic E-state index is 12.8. The molecule has 8 heteroatoms. The van der Waals surface area contributed by atoms with Crippen LogP contribution in [0.4, 0.5) is 10.3 Å². The van der Waals surface area contributed by atoms with Crippen molar-refractivity contribution in [2.24, 2.45) is 0 Å². The SMILES string of the molecule is O=C(NCc1ccc(F)cc1)C(=O)N1CCN(c2ncccn2)CC1. The van der Waals surface area contributed by atoms with Crippen LogP contribution in [0.15, 0.2) is 42.7 Å². The van der Waals surface area contributed by atoms with Crippen LogP contribution in [0, 0.1) is 5.82 Å². The lowest BCUT2D eigenvalue weighted by Gasteiger charge is -2.34. The molecule has 1 aromatic heterocycles. The van der Waals surface area contributed by atoms with Crippen LogP contribution >= 0.6 is 0 Å². The fourth-order valence-corrected chi connectivity index (χ4v) is 2.57. The highest BCUT2D eigenvalue weighted by atomic mass is 19.1. The van der Waals surface area contributed by atoms with Gasteiger partial charge in [-0.05, 0) is 23.8 Å². The second-order valence-electron chi connectivity index (χ2n) is 5.64. The third-order valence-electron chi connectivity index (χ3n) is 3.96. The lowest BCUT2D eigenvalue weighted by atomic mass is 10.2. The Morgan fingerprint density at radius 3 is 2.32 bits per heavy atom. The molecule has 1 aliphatic heterocycles. The summed E-state index contributed by atoms with van der Waals surface area (Å²) in [5.74, 6) is -0.939. The molecule has 1 aliphatic rings. The minimum absolute atomic E-state index is 0.183. The van der Waals surface area contributed by atoms with E-state index in [9.17, 15) is 14.0 Å². The van der Waals surface area contributed by atoms with Crippen LogP contribution in [0.1, 0.15) is 5.56 Å². The van der Waals surface area contributed by atoms with Gasteiger partial charge in [0.05, 0.1) is 0 Å². The number of amides is 2. The van der Waals surface area contributed by atoms with Crippen LogP contribution in [-0.4, -0.2) is 52.9 Å². The van der Waals surface area contributed by atoms with Gasteiger partial charge < -0.3 is 15.1 Å². The number of nitrogens with one attached hydrogen (secondary N) is 1. The monoisotopic (exact) mass is 343 g/mol. The summed E-state index contributed by atoms with van der Waals surface area (Å²) in [4.78, 5) is 36.1. The third kappa shape index (κ3) is 4.28. The van der Waals surface area contributed by atoms with Gasteiger partial charge in [-0.2, -0.15) is 0 Å². The summed E-state index contributed by atoms with van der Waals surface area (Å²) < 4.78 is 12.8. The first-order chi connectivity index (χ1) is 12.1. The minimum atomic E-state index is -0.659. The van der Waals surface area contributed by atoms with E-state index >= 15 is 0 Å². The Kier molecular flexibility index (Phi) is 5.17. The Bertz CT molecular complexity index is 730. The molecule has 0 unspecified atom stereocenters. The zero-order valence-electron chi connectivity index (χ0n) is 13.6. The quantitative estimate of drug-likeness (QED) is 0.825. The van der Waals surface area contributed by atoms with Gasteiger partial charge in [-0.3, -0.25) is 9.59 Å². The van der Waals surface area contributed by atoms with E-state index in [-0.39, 0.29) is 12.4 Å². The molecule has 0 saturated carbocycles. The number of hydrogen-bond acceptors (Lipinski definition) is 5. The average Bonchev–Trinajstić information content (AvgIpc) is 2.67. The highest BCUT2D eigenvalue weighted by Gasteiger charge is 2.26. The normalized spacial score (nSPS) is 14.3. The lowest BCUT2D eigenvalue weighted by Crippen LogP contribution is -2.52. The zero-order valence-corrected chi connectivity index (χ0v) is 13.6. The molecule has 0 bridgehead atoms. The molecule has 0 aliphatic carbocycles. The molecule has 130 valence electrons. The van der Waals surface area contributed by atoms with Gasteiger partial charge in [0.1, 0.15) is 5.82 Å². The Labute approximate surface area is 144 Å². The Morgan fingerprint density at radius 1 is 1.04 bits per heavy atom. The number of anilines is 1. The van der Waals surface area contributed by atoms with Gasteiger partial charge in [0.15, 0.2) is 0 Å². The van der Waals surface area contributed by atoms with Crippen molar-refractivity contribution in [2.75, 3.05) is 31.1 Å². The predicted octanol–water partition coefficient (Wildman–Crippen LogP) is 0.581. The summed E-state index contributed by atoms with van der Waals surface area (Å²) in [6.07, 6.45) is 3.34. The summed E-state index contributed by atoms with van der Waals surface area (Å²) in [6, 6.07) is 7.51. The maximum atomic E-state index is 12.8. The van der Waals surface area contributed by atoms with Crippen molar-refractivity contribution in [3.8, 4) is 0 Å². The topological polar surface area (TPSA) is 78.4 Å². The summed E-state index contributed by atoms with van der Waals surface area (Å²) >= 11 is 0. The van der Waals surface area contributed by atoms with E-state index in [4.69, 9.17) is 0 Å². The second kappa shape index (κ2) is 7.69. The van der Waals surface area contributed by atoms with Crippen molar-refractivity contribution in [2.45, 2.75) is 6.54 Å². The van der Waals surface area contributed by atoms with Gasteiger partial charge in [0, 0.05) is 45.1 Å².